The molecule has 0 saturated heterocycles. The van der Waals surface area contributed by atoms with Crippen LogP contribution in [0.15, 0.2) is 55.2 Å². The Morgan fingerprint density at radius 1 is 1.10 bits per heavy atom. The van der Waals surface area contributed by atoms with Crippen molar-refractivity contribution in [1.82, 2.24) is 18.9 Å². The zero-order chi connectivity index (χ0) is 21.5. The summed E-state index contributed by atoms with van der Waals surface area (Å²) >= 11 is 12.1. The van der Waals surface area contributed by atoms with Gasteiger partial charge in [-0.25, -0.2) is 9.97 Å². The summed E-state index contributed by atoms with van der Waals surface area (Å²) in [4.78, 5) is 20.3. The van der Waals surface area contributed by atoms with Crippen LogP contribution in [0.4, 0.5) is 18.9 Å². The lowest BCUT2D eigenvalue weighted by atomic mass is 10.2. The van der Waals surface area contributed by atoms with Gasteiger partial charge in [-0.3, -0.25) is 9.20 Å². The summed E-state index contributed by atoms with van der Waals surface area (Å²) in [5.41, 5.74) is -1.10. The van der Waals surface area contributed by atoms with Crippen molar-refractivity contribution in [2.45, 2.75) is 12.7 Å². The van der Waals surface area contributed by atoms with E-state index in [0.717, 1.165) is 0 Å². The number of imidazole rings is 2. The normalized spacial score (nSPS) is 11.8. The second kappa shape index (κ2) is 7.66. The molecule has 0 aliphatic rings. The highest BCUT2D eigenvalue weighted by molar-refractivity contribution is 6.40. The number of amides is 1. The van der Waals surface area contributed by atoms with E-state index in [9.17, 15) is 18.0 Å². The molecule has 0 spiro atoms. The standard InChI is InChI=1S/C19H12Cl2F3N5O/c20-11-3-1-4-12(21)15(11)18(30)26-13-5-2-7-29-14(9-28-8-6-25-10-28)16(19(22,23)24)27-17(13)29/h1-8,10H,9H2,(H,26,30). The highest BCUT2D eigenvalue weighted by Gasteiger charge is 2.38. The van der Waals surface area contributed by atoms with Crippen molar-refractivity contribution in [1.29, 1.82) is 0 Å². The minimum absolute atomic E-state index is 0.0177. The van der Waals surface area contributed by atoms with Crippen LogP contribution in [0.5, 0.6) is 0 Å². The molecule has 0 saturated carbocycles. The first-order chi connectivity index (χ1) is 14.3. The Morgan fingerprint density at radius 2 is 1.83 bits per heavy atom. The van der Waals surface area contributed by atoms with Crippen LogP contribution in [-0.2, 0) is 12.7 Å². The number of rotatable bonds is 4. The molecule has 4 aromatic rings. The van der Waals surface area contributed by atoms with E-state index in [2.05, 4.69) is 15.3 Å². The first-order valence-corrected chi connectivity index (χ1v) is 9.29. The molecular weight excluding hydrogens is 442 g/mol. The third kappa shape index (κ3) is 3.73. The van der Waals surface area contributed by atoms with Crippen LogP contribution in [0.1, 0.15) is 21.7 Å². The number of anilines is 1. The number of fused-ring (bicyclic) bond motifs is 1. The van der Waals surface area contributed by atoms with Crippen LogP contribution in [0, 0.1) is 0 Å². The fourth-order valence-electron chi connectivity index (χ4n) is 3.05. The summed E-state index contributed by atoms with van der Waals surface area (Å²) in [7, 11) is 0. The summed E-state index contributed by atoms with van der Waals surface area (Å²) in [6.07, 6.45) is 1.18. The van der Waals surface area contributed by atoms with Gasteiger partial charge in [-0.2, -0.15) is 13.2 Å². The van der Waals surface area contributed by atoms with E-state index >= 15 is 0 Å². The predicted molar refractivity (Wildman–Crippen MR) is 106 cm³/mol. The number of halogens is 5. The van der Waals surface area contributed by atoms with E-state index < -0.39 is 17.8 Å². The van der Waals surface area contributed by atoms with Crippen molar-refractivity contribution in [3.05, 3.63) is 82.2 Å². The number of hydrogen-bond acceptors (Lipinski definition) is 3. The van der Waals surface area contributed by atoms with Gasteiger partial charge >= 0.3 is 6.18 Å². The Hall–Kier alpha value is -3.04. The van der Waals surface area contributed by atoms with Crippen LogP contribution in [0.3, 0.4) is 0 Å². The maximum Gasteiger partial charge on any atom is 0.435 e. The van der Waals surface area contributed by atoms with Crippen molar-refractivity contribution in [2.75, 3.05) is 5.32 Å². The maximum absolute atomic E-state index is 13.7. The molecule has 0 radical (unpaired) electrons. The molecule has 11 heteroatoms. The first-order valence-electron chi connectivity index (χ1n) is 8.54. The van der Waals surface area contributed by atoms with Gasteiger partial charge in [-0.15, -0.1) is 0 Å². The number of nitrogens with zero attached hydrogens (tertiary/aromatic N) is 4. The summed E-state index contributed by atoms with van der Waals surface area (Å²) in [6, 6.07) is 7.52. The Bertz CT molecular complexity index is 1210. The number of nitrogens with one attached hydrogen (secondary N) is 1. The molecule has 0 aliphatic carbocycles. The van der Waals surface area contributed by atoms with Crippen molar-refractivity contribution in [3.63, 3.8) is 0 Å². The van der Waals surface area contributed by atoms with E-state index in [0.29, 0.717) is 0 Å². The summed E-state index contributed by atoms with van der Waals surface area (Å²) in [5, 5.41) is 2.79. The average Bonchev–Trinajstić information content (AvgIpc) is 3.30. The lowest BCUT2D eigenvalue weighted by molar-refractivity contribution is -0.141. The average molecular weight is 454 g/mol. The number of hydrogen-bond donors (Lipinski definition) is 1. The number of pyridine rings is 1. The molecule has 3 aromatic heterocycles. The van der Waals surface area contributed by atoms with Crippen molar-refractivity contribution < 1.29 is 18.0 Å². The molecule has 0 unspecified atom stereocenters. The SMILES string of the molecule is O=C(Nc1cccn2c(Cn3ccnc3)c(C(F)(F)F)nc12)c1c(Cl)cccc1Cl. The summed E-state index contributed by atoms with van der Waals surface area (Å²) in [5.74, 6) is -0.661. The van der Waals surface area contributed by atoms with Crippen LogP contribution in [0.25, 0.3) is 5.65 Å². The Kier molecular flexibility index (Phi) is 5.17. The lowest BCUT2D eigenvalue weighted by Crippen LogP contribution is -2.14. The fourth-order valence-corrected chi connectivity index (χ4v) is 3.61. The van der Waals surface area contributed by atoms with Gasteiger partial charge in [0.05, 0.1) is 39.9 Å². The molecule has 0 fully saturated rings. The topological polar surface area (TPSA) is 64.2 Å². The zero-order valence-electron chi connectivity index (χ0n) is 15.0. The number of carbonyl (C=O) groups excluding carboxylic acids is 1. The van der Waals surface area contributed by atoms with Gasteiger partial charge in [-0.05, 0) is 24.3 Å². The Balaban J connectivity index is 1.80. The predicted octanol–water partition coefficient (Wildman–Crippen LogP) is 5.16. The van der Waals surface area contributed by atoms with E-state index in [1.165, 1.54) is 52.0 Å². The molecule has 1 amide bonds. The highest BCUT2D eigenvalue weighted by atomic mass is 35.5. The zero-order valence-corrected chi connectivity index (χ0v) is 16.5. The molecule has 0 atom stereocenters. The van der Waals surface area contributed by atoms with Crippen LogP contribution in [-0.4, -0.2) is 24.8 Å². The summed E-state index contributed by atoms with van der Waals surface area (Å²) in [6.45, 7) is -0.107. The van der Waals surface area contributed by atoms with Crippen molar-refractivity contribution in [2.24, 2.45) is 0 Å². The van der Waals surface area contributed by atoms with Crippen LogP contribution < -0.4 is 5.32 Å². The van der Waals surface area contributed by atoms with Gasteiger partial charge < -0.3 is 9.88 Å². The van der Waals surface area contributed by atoms with Gasteiger partial charge in [0.15, 0.2) is 11.3 Å². The molecule has 1 aromatic carbocycles. The van der Waals surface area contributed by atoms with Crippen LogP contribution >= 0.6 is 23.2 Å². The minimum Gasteiger partial charge on any atom is -0.331 e. The monoisotopic (exact) mass is 453 g/mol. The number of alkyl halides is 3. The third-order valence-electron chi connectivity index (χ3n) is 4.35. The smallest absolute Gasteiger partial charge is 0.331 e. The second-order valence-corrected chi connectivity index (χ2v) is 7.12. The molecule has 0 bridgehead atoms. The Morgan fingerprint density at radius 3 is 2.47 bits per heavy atom. The van der Waals surface area contributed by atoms with Gasteiger partial charge in [0.2, 0.25) is 0 Å². The number of benzene rings is 1. The molecule has 3 heterocycles. The lowest BCUT2D eigenvalue weighted by Gasteiger charge is -2.10. The first kappa shape index (κ1) is 20.2. The quantitative estimate of drug-likeness (QED) is 0.464. The van der Waals surface area contributed by atoms with Gasteiger partial charge in [0.1, 0.15) is 0 Å². The fraction of sp³-hybridized carbons (Fsp3) is 0.105. The van der Waals surface area contributed by atoms with Gasteiger partial charge in [-0.1, -0.05) is 29.3 Å². The van der Waals surface area contributed by atoms with Crippen molar-refractivity contribution in [3.8, 4) is 0 Å². The van der Waals surface area contributed by atoms with Gasteiger partial charge in [0.25, 0.3) is 5.91 Å². The highest BCUT2D eigenvalue weighted by Crippen LogP contribution is 2.34. The molecule has 4 rings (SSSR count). The van der Waals surface area contributed by atoms with E-state index in [1.54, 1.807) is 12.3 Å². The van der Waals surface area contributed by atoms with E-state index in [4.69, 9.17) is 23.2 Å². The number of carbonyl (C=O) groups is 1. The largest absolute Gasteiger partial charge is 0.435 e. The molecule has 1 N–H and O–H groups in total. The molecule has 6 nitrogen and oxygen atoms in total. The minimum atomic E-state index is -4.69. The van der Waals surface area contributed by atoms with E-state index in [1.807, 2.05) is 0 Å². The second-order valence-electron chi connectivity index (χ2n) is 6.31. The molecule has 0 aliphatic heterocycles. The maximum atomic E-state index is 13.7. The molecule has 154 valence electrons. The Labute approximate surface area is 177 Å². The third-order valence-corrected chi connectivity index (χ3v) is 4.98. The summed E-state index contributed by atoms with van der Waals surface area (Å²) < 4.78 is 43.7. The van der Waals surface area contributed by atoms with Crippen LogP contribution in [0.2, 0.25) is 10.0 Å². The molecular formula is C19H12Cl2F3N5O. The van der Waals surface area contributed by atoms with Gasteiger partial charge in [0, 0.05) is 18.6 Å². The van der Waals surface area contributed by atoms with E-state index in [-0.39, 0.29) is 39.2 Å². The molecule has 30 heavy (non-hydrogen) atoms. The van der Waals surface area contributed by atoms with Crippen molar-refractivity contribution >= 4 is 40.4 Å². The number of aromatic nitrogens is 4.